The molecule has 0 bridgehead atoms. The molecule has 0 fully saturated rings. The number of hydrogen-bond donors (Lipinski definition) is 2. The molecule has 0 unspecified atom stereocenters. The third-order valence-electron chi connectivity index (χ3n) is 4.52. The molecule has 6 nitrogen and oxygen atoms in total. The summed E-state index contributed by atoms with van der Waals surface area (Å²) in [6.07, 6.45) is -3.90. The van der Waals surface area contributed by atoms with Crippen LogP contribution in [-0.4, -0.2) is 21.6 Å². The second-order valence-electron chi connectivity index (χ2n) is 6.90. The monoisotopic (exact) mass is 484 g/mol. The second kappa shape index (κ2) is 8.73. The van der Waals surface area contributed by atoms with Crippen LogP contribution in [0.3, 0.4) is 0 Å². The van der Waals surface area contributed by atoms with Crippen LogP contribution in [0.15, 0.2) is 33.5 Å². The summed E-state index contributed by atoms with van der Waals surface area (Å²) in [5.41, 5.74) is 5.92. The summed E-state index contributed by atoms with van der Waals surface area (Å²) < 4.78 is 46.2. The molecule has 0 saturated heterocycles. The Morgan fingerprint density at radius 1 is 1.30 bits per heavy atom. The van der Waals surface area contributed by atoms with Gasteiger partial charge in [0.05, 0.1) is 23.3 Å². The van der Waals surface area contributed by atoms with Crippen molar-refractivity contribution in [1.29, 1.82) is 0 Å². The fourth-order valence-electron chi connectivity index (χ4n) is 3.00. The zero-order valence-corrected chi connectivity index (χ0v) is 17.9. The Hall–Kier alpha value is -2.46. The first-order valence-corrected chi connectivity index (χ1v) is 10.0. The quantitative estimate of drug-likeness (QED) is 0.504. The molecule has 3 aromatic rings. The zero-order valence-electron chi connectivity index (χ0n) is 16.3. The first kappa shape index (κ1) is 22.2. The van der Waals surface area contributed by atoms with Gasteiger partial charge in [-0.2, -0.15) is 13.2 Å². The fraction of sp³-hybridized carbons (Fsp3) is 0.350. The van der Waals surface area contributed by atoms with Crippen molar-refractivity contribution in [2.75, 3.05) is 6.61 Å². The Kier molecular flexibility index (Phi) is 6.47. The van der Waals surface area contributed by atoms with E-state index < -0.39 is 17.8 Å². The Labute approximate surface area is 178 Å². The van der Waals surface area contributed by atoms with E-state index in [2.05, 4.69) is 30.9 Å². The van der Waals surface area contributed by atoms with Gasteiger partial charge in [-0.3, -0.25) is 4.79 Å². The van der Waals surface area contributed by atoms with Crippen molar-refractivity contribution < 1.29 is 17.9 Å². The molecule has 1 atom stereocenters. The van der Waals surface area contributed by atoms with Gasteiger partial charge in [0.1, 0.15) is 11.6 Å². The molecule has 0 aliphatic heterocycles. The summed E-state index contributed by atoms with van der Waals surface area (Å²) in [6.45, 7) is 3.38. The number of ether oxygens (including phenoxy) is 1. The van der Waals surface area contributed by atoms with Gasteiger partial charge in [-0.15, -0.1) is 0 Å². The molecule has 0 aliphatic carbocycles. The van der Waals surface area contributed by atoms with Crippen LogP contribution in [0.2, 0.25) is 0 Å². The van der Waals surface area contributed by atoms with Crippen LogP contribution in [0.25, 0.3) is 11.0 Å². The van der Waals surface area contributed by atoms with E-state index in [1.165, 1.54) is 12.1 Å². The molecule has 0 aliphatic rings. The molecule has 1 aromatic carbocycles. The number of nitrogens with zero attached hydrogens (tertiary/aromatic N) is 2. The first-order chi connectivity index (χ1) is 14.1. The average molecular weight is 485 g/mol. The minimum absolute atomic E-state index is 0.00134. The number of aryl methyl sites for hydroxylation is 2. The van der Waals surface area contributed by atoms with Gasteiger partial charge in [-0.05, 0) is 48.3 Å². The molecule has 2 heterocycles. The Morgan fingerprint density at radius 3 is 2.70 bits per heavy atom. The molecule has 0 amide bonds. The normalized spacial score (nSPS) is 12.9. The highest BCUT2D eigenvalue weighted by atomic mass is 79.9. The van der Waals surface area contributed by atoms with E-state index in [-0.39, 0.29) is 23.5 Å². The summed E-state index contributed by atoms with van der Waals surface area (Å²) >= 11 is 3.33. The predicted octanol–water partition coefficient (Wildman–Crippen LogP) is 4.44. The number of alkyl halides is 3. The molecule has 0 saturated carbocycles. The number of aromatic nitrogens is 3. The Balaban J connectivity index is 1.76. The lowest BCUT2D eigenvalue weighted by atomic mass is 10.0. The maximum Gasteiger partial charge on any atom is 0.419 e. The summed E-state index contributed by atoms with van der Waals surface area (Å²) in [4.78, 5) is 23.6. The number of benzene rings is 1. The van der Waals surface area contributed by atoms with E-state index in [1.54, 1.807) is 19.9 Å². The van der Waals surface area contributed by atoms with Gasteiger partial charge >= 0.3 is 6.18 Å². The van der Waals surface area contributed by atoms with E-state index in [9.17, 15) is 18.0 Å². The summed E-state index contributed by atoms with van der Waals surface area (Å²) in [7, 11) is 0. The number of nitrogens with two attached hydrogens (primary N) is 1. The van der Waals surface area contributed by atoms with Crippen LogP contribution in [0.1, 0.15) is 42.0 Å². The number of hydrogen-bond acceptors (Lipinski definition) is 5. The zero-order chi connectivity index (χ0) is 22.1. The summed E-state index contributed by atoms with van der Waals surface area (Å²) in [6, 6.07) is 4.83. The van der Waals surface area contributed by atoms with Crippen LogP contribution in [0.5, 0.6) is 5.75 Å². The lowest BCUT2D eigenvalue weighted by molar-refractivity contribution is -0.139. The van der Waals surface area contributed by atoms with E-state index >= 15 is 0 Å². The molecule has 160 valence electrons. The van der Waals surface area contributed by atoms with E-state index in [4.69, 9.17) is 10.5 Å². The maximum atomic E-state index is 13.3. The number of aromatic amines is 1. The van der Waals surface area contributed by atoms with Gasteiger partial charge in [0.25, 0.3) is 5.56 Å². The summed E-state index contributed by atoms with van der Waals surface area (Å²) in [5.74, 6) is 0.129. The van der Waals surface area contributed by atoms with Gasteiger partial charge in [0.15, 0.2) is 5.65 Å². The number of nitrogens with one attached hydrogen (secondary N) is 1. The molecule has 30 heavy (non-hydrogen) atoms. The number of H-pyrrole nitrogens is 1. The van der Waals surface area contributed by atoms with Crippen molar-refractivity contribution in [1.82, 2.24) is 15.0 Å². The topological polar surface area (TPSA) is 93.9 Å². The van der Waals surface area contributed by atoms with Crippen LogP contribution < -0.4 is 16.0 Å². The predicted molar refractivity (Wildman–Crippen MR) is 110 cm³/mol. The number of pyridine rings is 1. The van der Waals surface area contributed by atoms with Crippen molar-refractivity contribution >= 4 is 27.0 Å². The minimum Gasteiger partial charge on any atom is -0.493 e. The van der Waals surface area contributed by atoms with Crippen LogP contribution >= 0.6 is 15.9 Å². The van der Waals surface area contributed by atoms with Gasteiger partial charge in [0, 0.05) is 22.5 Å². The molecule has 2 aromatic heterocycles. The van der Waals surface area contributed by atoms with Gasteiger partial charge in [-0.1, -0.05) is 12.1 Å². The Bertz CT molecular complexity index is 1130. The molecule has 0 radical (unpaired) electrons. The van der Waals surface area contributed by atoms with Gasteiger partial charge in [-0.25, -0.2) is 9.97 Å². The SMILES string of the molecule is Cc1nc2nc(CCCOc3c([C@@H](C)N)cccc3C(F)(F)F)[nH]c(=O)c2cc1Br. The van der Waals surface area contributed by atoms with Crippen molar-refractivity contribution in [3.63, 3.8) is 0 Å². The number of para-hydroxylation sites is 1. The highest BCUT2D eigenvalue weighted by Crippen LogP contribution is 2.39. The number of fused-ring (bicyclic) bond motifs is 1. The number of halogens is 4. The summed E-state index contributed by atoms with van der Waals surface area (Å²) in [5, 5.41) is 0.355. The van der Waals surface area contributed by atoms with Crippen molar-refractivity contribution in [3.8, 4) is 5.75 Å². The molecular formula is C20H20BrF3N4O2. The lowest BCUT2D eigenvalue weighted by Gasteiger charge is -2.19. The van der Waals surface area contributed by atoms with Gasteiger partial charge < -0.3 is 15.5 Å². The Morgan fingerprint density at radius 2 is 2.03 bits per heavy atom. The largest absolute Gasteiger partial charge is 0.493 e. The van der Waals surface area contributed by atoms with Crippen molar-refractivity contribution in [2.24, 2.45) is 5.73 Å². The van der Waals surface area contributed by atoms with Crippen molar-refractivity contribution in [3.05, 3.63) is 61.7 Å². The van der Waals surface area contributed by atoms with E-state index in [0.717, 1.165) is 6.07 Å². The van der Waals surface area contributed by atoms with Gasteiger partial charge in [0.2, 0.25) is 0 Å². The third kappa shape index (κ3) is 4.81. The molecule has 0 spiro atoms. The lowest BCUT2D eigenvalue weighted by Crippen LogP contribution is -2.16. The first-order valence-electron chi connectivity index (χ1n) is 9.22. The molecule has 10 heteroatoms. The highest BCUT2D eigenvalue weighted by Gasteiger charge is 2.35. The number of rotatable bonds is 6. The molecule has 3 rings (SSSR count). The standard InChI is InChI=1S/C20H20BrF3N4O2/c1-10(25)12-5-3-6-14(20(22,23)24)17(12)30-8-4-7-16-27-18-13(19(29)28-16)9-15(21)11(2)26-18/h3,5-6,9-10H,4,7-8,25H2,1-2H3,(H,26,27,28,29)/t10-/m1/s1. The molecular weight excluding hydrogens is 465 g/mol. The van der Waals surface area contributed by atoms with Crippen LogP contribution in [0, 0.1) is 6.92 Å². The smallest absolute Gasteiger partial charge is 0.419 e. The van der Waals surface area contributed by atoms with E-state index in [0.29, 0.717) is 39.9 Å². The van der Waals surface area contributed by atoms with Crippen LogP contribution in [-0.2, 0) is 12.6 Å². The van der Waals surface area contributed by atoms with Crippen molar-refractivity contribution in [2.45, 2.75) is 38.9 Å². The second-order valence-corrected chi connectivity index (χ2v) is 7.76. The molecule has 3 N–H and O–H groups in total. The average Bonchev–Trinajstić information content (AvgIpc) is 2.66. The third-order valence-corrected chi connectivity index (χ3v) is 5.32. The maximum absolute atomic E-state index is 13.3. The highest BCUT2D eigenvalue weighted by molar-refractivity contribution is 9.10. The van der Waals surface area contributed by atoms with E-state index in [1.807, 2.05) is 0 Å². The fourth-order valence-corrected chi connectivity index (χ4v) is 3.32. The minimum atomic E-state index is -4.55. The van der Waals surface area contributed by atoms with Crippen LogP contribution in [0.4, 0.5) is 13.2 Å².